The molecular weight excluding hydrogens is 484 g/mol. The minimum atomic E-state index is -1.38. The number of nitrogens with zero attached hydrogens (tertiary/aromatic N) is 5. The maximum atomic E-state index is 13.8. The van der Waals surface area contributed by atoms with Gasteiger partial charge in [-0.05, 0) is 53.2 Å². The van der Waals surface area contributed by atoms with Crippen LogP contribution in [0.5, 0.6) is 0 Å². The van der Waals surface area contributed by atoms with Crippen molar-refractivity contribution in [2.75, 3.05) is 4.90 Å². The van der Waals surface area contributed by atoms with E-state index in [1.165, 1.54) is 11.1 Å². The first-order chi connectivity index (χ1) is 17.2. The highest BCUT2D eigenvalue weighted by atomic mass is 16.6. The van der Waals surface area contributed by atoms with E-state index in [9.17, 15) is 19.2 Å². The largest absolute Gasteiger partial charge is 0.460 e. The molecule has 0 saturated carbocycles. The van der Waals surface area contributed by atoms with Gasteiger partial charge in [-0.2, -0.15) is 5.21 Å². The van der Waals surface area contributed by atoms with Crippen LogP contribution in [0.3, 0.4) is 0 Å². The molecular formula is C23H32N8O6. The molecule has 0 radical (unpaired) electrons. The van der Waals surface area contributed by atoms with Gasteiger partial charge in [-0.25, -0.2) is 9.78 Å². The molecule has 2 atom stereocenters. The topological polar surface area (TPSA) is 181 Å². The van der Waals surface area contributed by atoms with Gasteiger partial charge < -0.3 is 20.1 Å². The van der Waals surface area contributed by atoms with Crippen molar-refractivity contribution in [3.05, 3.63) is 29.7 Å². The average Bonchev–Trinajstić information content (AvgIpc) is 3.41. The normalized spacial score (nSPS) is 15.9. The number of ether oxygens (including phenoxy) is 2. The summed E-state index contributed by atoms with van der Waals surface area (Å²) in [4.78, 5) is 57.7. The van der Waals surface area contributed by atoms with Gasteiger partial charge in [-0.15, -0.1) is 10.2 Å². The Morgan fingerprint density at radius 1 is 1.14 bits per heavy atom. The summed E-state index contributed by atoms with van der Waals surface area (Å²) in [5.41, 5.74) is -0.997. The fourth-order valence-electron chi connectivity index (χ4n) is 3.63. The predicted octanol–water partition coefficient (Wildman–Crippen LogP) is 0.794. The number of aromatic nitrogens is 5. The molecule has 2 aromatic heterocycles. The maximum absolute atomic E-state index is 13.8. The number of fused-ring (bicyclic) bond motifs is 1. The Kier molecular flexibility index (Phi) is 8.09. The molecule has 3 N–H and O–H groups in total. The second-order valence-corrected chi connectivity index (χ2v) is 10.4. The number of aromatic amines is 1. The van der Waals surface area contributed by atoms with Crippen LogP contribution in [0.25, 0.3) is 0 Å². The second kappa shape index (κ2) is 10.9. The van der Waals surface area contributed by atoms with Crippen LogP contribution in [-0.4, -0.2) is 72.8 Å². The Morgan fingerprint density at radius 2 is 1.84 bits per heavy atom. The third kappa shape index (κ3) is 7.69. The number of carbonyl (C=O) groups excluding carboxylic acids is 4. The van der Waals surface area contributed by atoms with Crippen LogP contribution in [0.2, 0.25) is 0 Å². The summed E-state index contributed by atoms with van der Waals surface area (Å²) >= 11 is 0. The zero-order chi connectivity index (χ0) is 27.4. The van der Waals surface area contributed by atoms with Gasteiger partial charge in [0.2, 0.25) is 5.91 Å². The SMILES string of the molecule is CC(C)(C)OC(=O)CC(NC(=O)OC(C)(C)C)C(=O)N1c2ncccc2C[C@H]1C(=O)NCc1nn[nH]n1. The number of amides is 3. The molecule has 3 rings (SSSR count). The summed E-state index contributed by atoms with van der Waals surface area (Å²) in [6.07, 6.45) is 0.292. The Bertz CT molecular complexity index is 1110. The molecule has 3 heterocycles. The van der Waals surface area contributed by atoms with Crippen molar-refractivity contribution in [3.63, 3.8) is 0 Å². The number of H-pyrrole nitrogens is 1. The van der Waals surface area contributed by atoms with Gasteiger partial charge in [0.1, 0.15) is 29.1 Å². The van der Waals surface area contributed by atoms with Crippen molar-refractivity contribution in [2.24, 2.45) is 0 Å². The quantitative estimate of drug-likeness (QED) is 0.445. The fraction of sp³-hybridized carbons (Fsp3) is 0.565. The molecule has 0 aromatic carbocycles. The van der Waals surface area contributed by atoms with E-state index in [0.29, 0.717) is 5.56 Å². The van der Waals surface area contributed by atoms with Crippen LogP contribution >= 0.6 is 0 Å². The van der Waals surface area contributed by atoms with E-state index in [0.717, 1.165) is 0 Å². The first kappa shape index (κ1) is 27.5. The highest BCUT2D eigenvalue weighted by molar-refractivity contribution is 6.06. The van der Waals surface area contributed by atoms with E-state index in [4.69, 9.17) is 9.47 Å². The van der Waals surface area contributed by atoms with Gasteiger partial charge in [0.05, 0.1) is 13.0 Å². The van der Waals surface area contributed by atoms with E-state index in [1.807, 2.05) is 0 Å². The molecule has 0 aliphatic carbocycles. The molecule has 2 aromatic rings. The minimum Gasteiger partial charge on any atom is -0.460 e. The van der Waals surface area contributed by atoms with Crippen LogP contribution in [0, 0.1) is 0 Å². The van der Waals surface area contributed by atoms with Crippen molar-refractivity contribution in [2.45, 2.75) is 84.2 Å². The van der Waals surface area contributed by atoms with Gasteiger partial charge in [-0.1, -0.05) is 11.3 Å². The lowest BCUT2D eigenvalue weighted by Crippen LogP contribution is -2.56. The number of nitrogens with one attached hydrogen (secondary N) is 3. The Morgan fingerprint density at radius 3 is 2.46 bits per heavy atom. The van der Waals surface area contributed by atoms with Crippen molar-refractivity contribution < 1.29 is 28.7 Å². The molecule has 0 bridgehead atoms. The molecule has 1 aliphatic heterocycles. The van der Waals surface area contributed by atoms with E-state index < -0.39 is 53.6 Å². The van der Waals surface area contributed by atoms with Crippen LogP contribution in [0.1, 0.15) is 59.4 Å². The van der Waals surface area contributed by atoms with Crippen molar-refractivity contribution >= 4 is 29.7 Å². The fourth-order valence-corrected chi connectivity index (χ4v) is 3.63. The Balaban J connectivity index is 1.88. The molecule has 3 amide bonds. The number of hydrogen-bond acceptors (Lipinski definition) is 10. The Hall–Kier alpha value is -4.10. The lowest BCUT2D eigenvalue weighted by Gasteiger charge is -2.29. The lowest BCUT2D eigenvalue weighted by atomic mass is 10.1. The van der Waals surface area contributed by atoms with Crippen molar-refractivity contribution in [1.29, 1.82) is 0 Å². The first-order valence-corrected chi connectivity index (χ1v) is 11.7. The zero-order valence-electron chi connectivity index (χ0n) is 21.7. The number of alkyl carbamates (subject to hydrolysis) is 1. The standard InChI is InChI=1S/C23H32N8O6/c1-22(2,3)36-17(32)11-14(26-21(35)37-23(4,5)6)20(34)31-15(10-13-8-7-9-24-18(13)31)19(33)25-12-16-27-29-30-28-16/h7-9,14-15H,10-12H2,1-6H3,(H,25,33)(H,26,35)(H,27,28,29,30)/t14?,15-/m0/s1. The predicted molar refractivity (Wildman–Crippen MR) is 129 cm³/mol. The molecule has 0 saturated heterocycles. The minimum absolute atomic E-state index is 0.0187. The number of esters is 1. The summed E-state index contributed by atoms with van der Waals surface area (Å²) in [5.74, 6) is -1.40. The van der Waals surface area contributed by atoms with Crippen LogP contribution in [-0.2, 0) is 36.8 Å². The summed E-state index contributed by atoms with van der Waals surface area (Å²) < 4.78 is 10.7. The molecule has 200 valence electrons. The Labute approximate surface area is 213 Å². The monoisotopic (exact) mass is 516 g/mol. The highest BCUT2D eigenvalue weighted by Gasteiger charge is 2.43. The number of carbonyl (C=O) groups is 4. The molecule has 0 fully saturated rings. The summed E-state index contributed by atoms with van der Waals surface area (Å²) in [7, 11) is 0. The maximum Gasteiger partial charge on any atom is 0.408 e. The van der Waals surface area contributed by atoms with Gasteiger partial charge in [0, 0.05) is 12.6 Å². The second-order valence-electron chi connectivity index (χ2n) is 10.4. The van der Waals surface area contributed by atoms with Gasteiger partial charge in [-0.3, -0.25) is 19.3 Å². The van der Waals surface area contributed by atoms with Crippen LogP contribution < -0.4 is 15.5 Å². The van der Waals surface area contributed by atoms with E-state index >= 15 is 0 Å². The lowest BCUT2D eigenvalue weighted by molar-refractivity contribution is -0.156. The number of tetrazole rings is 1. The first-order valence-electron chi connectivity index (χ1n) is 11.7. The van der Waals surface area contributed by atoms with E-state index in [1.54, 1.807) is 53.7 Å². The van der Waals surface area contributed by atoms with E-state index in [2.05, 4.69) is 36.2 Å². The molecule has 1 aliphatic rings. The zero-order valence-corrected chi connectivity index (χ0v) is 21.7. The average molecular weight is 517 g/mol. The molecule has 14 heteroatoms. The third-order valence-corrected chi connectivity index (χ3v) is 4.95. The van der Waals surface area contributed by atoms with Crippen molar-refractivity contribution in [1.82, 2.24) is 36.2 Å². The van der Waals surface area contributed by atoms with E-state index in [-0.39, 0.29) is 24.6 Å². The third-order valence-electron chi connectivity index (χ3n) is 4.95. The summed E-state index contributed by atoms with van der Waals surface area (Å²) in [6.45, 7) is 10.1. The van der Waals surface area contributed by atoms with Gasteiger partial charge >= 0.3 is 12.1 Å². The van der Waals surface area contributed by atoms with Crippen LogP contribution in [0.4, 0.5) is 10.6 Å². The number of pyridine rings is 1. The van der Waals surface area contributed by atoms with Crippen LogP contribution in [0.15, 0.2) is 18.3 Å². The van der Waals surface area contributed by atoms with Crippen molar-refractivity contribution in [3.8, 4) is 0 Å². The van der Waals surface area contributed by atoms with Gasteiger partial charge in [0.15, 0.2) is 5.82 Å². The molecule has 0 spiro atoms. The smallest absolute Gasteiger partial charge is 0.408 e. The molecule has 37 heavy (non-hydrogen) atoms. The van der Waals surface area contributed by atoms with Gasteiger partial charge in [0.25, 0.3) is 5.91 Å². The highest BCUT2D eigenvalue weighted by Crippen LogP contribution is 2.31. The summed E-state index contributed by atoms with van der Waals surface area (Å²) in [5, 5.41) is 18.5. The number of anilines is 1. The summed E-state index contributed by atoms with van der Waals surface area (Å²) in [6, 6.07) is 1.06. The molecule has 1 unspecified atom stereocenters. The molecule has 14 nitrogen and oxygen atoms in total. The number of hydrogen-bond donors (Lipinski definition) is 3. The number of rotatable bonds is 7.